The van der Waals surface area contributed by atoms with Crippen molar-refractivity contribution >= 4 is 6.08 Å². The Morgan fingerprint density at radius 3 is 2.15 bits per heavy atom. The fraction of sp³-hybridized carbons (Fsp3) is 0.320. The van der Waals surface area contributed by atoms with Gasteiger partial charge in [-0.05, 0) is 58.4 Å². The molecule has 2 aromatic carbocycles. The van der Waals surface area contributed by atoms with Gasteiger partial charge in [0, 0.05) is 12.5 Å². The van der Waals surface area contributed by atoms with E-state index in [2.05, 4.69) is 117 Å². The first-order valence-electron chi connectivity index (χ1n) is 9.74. The highest BCUT2D eigenvalue weighted by Crippen LogP contribution is 2.36. The number of benzene rings is 2. The Balaban J connectivity index is 2.09. The van der Waals surface area contributed by atoms with Gasteiger partial charge in [-0.15, -0.1) is 0 Å². The Bertz CT molecular complexity index is 1030. The number of fused-ring (bicyclic) bond motifs is 1. The van der Waals surface area contributed by atoms with E-state index < -0.39 is 0 Å². The number of hydrogen-bond donors (Lipinski definition) is 0. The number of aryl methyl sites for hydroxylation is 1. The van der Waals surface area contributed by atoms with Gasteiger partial charge in [0.1, 0.15) is 5.69 Å². The quantitative estimate of drug-likeness (QED) is 0.538. The molecule has 1 atom stereocenters. The van der Waals surface area contributed by atoms with E-state index in [0.29, 0.717) is 0 Å². The van der Waals surface area contributed by atoms with Crippen LogP contribution in [-0.2, 0) is 11.0 Å². The number of nitrogens with zero attached hydrogens (tertiary/aromatic N) is 2. The Hall–Kier alpha value is -2.61. The summed E-state index contributed by atoms with van der Waals surface area (Å²) in [5, 5.41) is 0. The fourth-order valence-corrected chi connectivity index (χ4v) is 4.41. The van der Waals surface area contributed by atoms with Crippen molar-refractivity contribution in [1.29, 1.82) is 0 Å². The maximum Gasteiger partial charge on any atom is 0.268 e. The van der Waals surface area contributed by atoms with Crippen LogP contribution in [0.25, 0.3) is 11.8 Å². The van der Waals surface area contributed by atoms with Crippen LogP contribution in [0.1, 0.15) is 56.0 Å². The summed E-state index contributed by atoms with van der Waals surface area (Å²) >= 11 is 0. The second-order valence-electron chi connectivity index (χ2n) is 8.85. The molecule has 27 heavy (non-hydrogen) atoms. The zero-order valence-corrected chi connectivity index (χ0v) is 17.2. The summed E-state index contributed by atoms with van der Waals surface area (Å²) in [5.74, 6) is 1.33. The molecule has 2 heterocycles. The Labute approximate surface area is 162 Å². The second kappa shape index (κ2) is 5.95. The first kappa shape index (κ1) is 17.8. The van der Waals surface area contributed by atoms with Gasteiger partial charge < -0.3 is 0 Å². The minimum absolute atomic E-state index is 0.00660. The molecular formula is C25H29N2+. The number of imidazole rings is 1. The minimum Gasteiger partial charge on any atom is -0.214 e. The highest BCUT2D eigenvalue weighted by atomic mass is 15.2. The maximum absolute atomic E-state index is 2.55. The monoisotopic (exact) mass is 357 g/mol. The van der Waals surface area contributed by atoms with Crippen LogP contribution >= 0.6 is 0 Å². The molecule has 0 saturated heterocycles. The molecule has 0 saturated carbocycles. The molecule has 4 rings (SSSR count). The largest absolute Gasteiger partial charge is 0.268 e. The van der Waals surface area contributed by atoms with Gasteiger partial charge in [-0.1, -0.05) is 48.5 Å². The Kier molecular flexibility index (Phi) is 3.92. The molecule has 1 aliphatic heterocycles. The second-order valence-corrected chi connectivity index (χ2v) is 8.85. The van der Waals surface area contributed by atoms with Gasteiger partial charge in [0.05, 0.1) is 5.41 Å². The van der Waals surface area contributed by atoms with Crippen molar-refractivity contribution in [3.8, 4) is 5.69 Å². The molecule has 0 fully saturated rings. The van der Waals surface area contributed by atoms with E-state index in [1.54, 1.807) is 0 Å². The van der Waals surface area contributed by atoms with Crippen molar-refractivity contribution in [3.05, 3.63) is 89.0 Å². The van der Waals surface area contributed by atoms with E-state index in [1.807, 2.05) is 0 Å². The molecule has 0 radical (unpaired) electrons. The topological polar surface area (TPSA) is 8.81 Å². The lowest BCUT2D eigenvalue weighted by Crippen LogP contribution is -2.57. The number of para-hydroxylation sites is 1. The third kappa shape index (κ3) is 2.58. The van der Waals surface area contributed by atoms with Crippen LogP contribution in [-0.4, -0.2) is 4.57 Å². The number of allylic oxidation sites excluding steroid dienone is 1. The molecule has 1 unspecified atom stereocenters. The smallest absolute Gasteiger partial charge is 0.214 e. The van der Waals surface area contributed by atoms with Crippen molar-refractivity contribution < 1.29 is 4.57 Å². The summed E-state index contributed by atoms with van der Waals surface area (Å²) in [4.78, 5) is 0. The molecule has 0 amide bonds. The van der Waals surface area contributed by atoms with Crippen LogP contribution < -0.4 is 4.57 Å². The molecular weight excluding hydrogens is 328 g/mol. The summed E-state index contributed by atoms with van der Waals surface area (Å²) in [6.07, 6.45) is 4.65. The maximum atomic E-state index is 2.55. The molecule has 2 nitrogen and oxygen atoms in total. The van der Waals surface area contributed by atoms with Crippen molar-refractivity contribution in [2.45, 2.75) is 52.5 Å². The summed E-state index contributed by atoms with van der Waals surface area (Å²) < 4.78 is 5.01. The first-order chi connectivity index (χ1) is 12.7. The normalized spacial score (nSPS) is 18.7. The van der Waals surface area contributed by atoms with E-state index in [1.165, 1.54) is 34.0 Å². The third-order valence-corrected chi connectivity index (χ3v) is 5.79. The summed E-state index contributed by atoms with van der Waals surface area (Å²) in [6, 6.07) is 19.5. The minimum atomic E-state index is -0.183. The Morgan fingerprint density at radius 2 is 1.52 bits per heavy atom. The van der Waals surface area contributed by atoms with Gasteiger partial charge in [0.2, 0.25) is 0 Å². The van der Waals surface area contributed by atoms with Crippen molar-refractivity contribution in [1.82, 2.24) is 4.57 Å². The summed E-state index contributed by atoms with van der Waals surface area (Å²) in [6.45, 7) is 13.7. The third-order valence-electron chi connectivity index (χ3n) is 5.79. The van der Waals surface area contributed by atoms with Crippen LogP contribution in [0, 0.1) is 13.8 Å². The van der Waals surface area contributed by atoms with Crippen molar-refractivity contribution in [3.63, 3.8) is 0 Å². The lowest BCUT2D eigenvalue weighted by molar-refractivity contribution is -0.744. The van der Waals surface area contributed by atoms with Crippen LogP contribution in [0.3, 0.4) is 0 Å². The predicted molar refractivity (Wildman–Crippen MR) is 112 cm³/mol. The summed E-state index contributed by atoms with van der Waals surface area (Å²) in [7, 11) is 0. The van der Waals surface area contributed by atoms with E-state index in [0.717, 1.165) is 0 Å². The molecule has 0 N–H and O–H groups in total. The Morgan fingerprint density at radius 1 is 0.889 bits per heavy atom. The van der Waals surface area contributed by atoms with Crippen molar-refractivity contribution in [2.75, 3.05) is 0 Å². The SMILES string of the molecule is Cc1ccccc1-n1c(C)c2[n+](c1C(C)(C)C)C(C)(c1ccccc1)C=C2. The van der Waals surface area contributed by atoms with Gasteiger partial charge >= 0.3 is 0 Å². The number of rotatable bonds is 2. The van der Waals surface area contributed by atoms with Crippen LogP contribution in [0.5, 0.6) is 0 Å². The summed E-state index contributed by atoms with van der Waals surface area (Å²) in [5.41, 5.74) is 6.29. The first-order valence-corrected chi connectivity index (χ1v) is 9.74. The molecule has 3 aromatic rings. The highest BCUT2D eigenvalue weighted by molar-refractivity contribution is 5.55. The molecule has 1 aromatic heterocycles. The molecule has 0 aliphatic carbocycles. The average molecular weight is 358 g/mol. The molecule has 0 spiro atoms. The molecule has 138 valence electrons. The number of hydrogen-bond acceptors (Lipinski definition) is 0. The van der Waals surface area contributed by atoms with Gasteiger partial charge in [0.15, 0.2) is 16.9 Å². The van der Waals surface area contributed by atoms with E-state index >= 15 is 0 Å². The molecule has 1 aliphatic rings. The fourth-order valence-electron chi connectivity index (χ4n) is 4.41. The van der Waals surface area contributed by atoms with Crippen LogP contribution in [0.2, 0.25) is 0 Å². The standard InChI is InChI=1S/C25H29N2/c1-18-12-10-11-15-21(18)26-19(2)22-16-17-25(6,20-13-8-7-9-14-20)27(22)23(26)24(3,4)5/h7-17H,1-6H3/q+1. The molecule has 0 bridgehead atoms. The van der Waals surface area contributed by atoms with Gasteiger partial charge in [-0.25, -0.2) is 4.57 Å². The molecule has 2 heteroatoms. The average Bonchev–Trinajstić information content (AvgIpc) is 3.13. The zero-order valence-electron chi connectivity index (χ0n) is 17.2. The lowest BCUT2D eigenvalue weighted by Gasteiger charge is -2.27. The van der Waals surface area contributed by atoms with E-state index in [9.17, 15) is 0 Å². The van der Waals surface area contributed by atoms with E-state index in [4.69, 9.17) is 0 Å². The highest BCUT2D eigenvalue weighted by Gasteiger charge is 2.47. The van der Waals surface area contributed by atoms with Gasteiger partial charge in [-0.3, -0.25) is 0 Å². The van der Waals surface area contributed by atoms with Crippen LogP contribution in [0.4, 0.5) is 0 Å². The lowest BCUT2D eigenvalue weighted by atomic mass is 9.89. The van der Waals surface area contributed by atoms with Gasteiger partial charge in [0.25, 0.3) is 5.82 Å². The van der Waals surface area contributed by atoms with Crippen molar-refractivity contribution in [2.24, 2.45) is 0 Å². The predicted octanol–water partition coefficient (Wildman–Crippen LogP) is 5.47. The number of aromatic nitrogens is 2. The zero-order chi connectivity index (χ0) is 19.4. The van der Waals surface area contributed by atoms with Gasteiger partial charge in [-0.2, -0.15) is 4.57 Å². The van der Waals surface area contributed by atoms with Crippen LogP contribution in [0.15, 0.2) is 60.7 Å². The van der Waals surface area contributed by atoms with E-state index in [-0.39, 0.29) is 11.0 Å².